The number of anilines is 1. The number of carbonyl (C=O) groups excluding carboxylic acids is 1. The van der Waals surface area contributed by atoms with Crippen LogP contribution in [-0.2, 0) is 14.6 Å². The first-order valence-corrected chi connectivity index (χ1v) is 12.1. The fourth-order valence-corrected chi connectivity index (χ4v) is 6.24. The van der Waals surface area contributed by atoms with Gasteiger partial charge in [-0.05, 0) is 49.7 Å². The van der Waals surface area contributed by atoms with Crippen LogP contribution in [0.25, 0.3) is 20.4 Å². The first kappa shape index (κ1) is 19.9. The third kappa shape index (κ3) is 4.29. The molecule has 0 aliphatic carbocycles. The van der Waals surface area contributed by atoms with Crippen molar-refractivity contribution in [3.8, 4) is 0 Å². The van der Waals surface area contributed by atoms with Gasteiger partial charge in [-0.25, -0.2) is 22.8 Å². The number of sulfone groups is 1. The molecule has 0 saturated carbocycles. The Kier molecular flexibility index (Phi) is 5.32. The molecule has 0 spiro atoms. The average molecular weight is 450 g/mol. The number of hydrogen-bond acceptors (Lipinski definition) is 7. The highest BCUT2D eigenvalue weighted by Crippen LogP contribution is 2.35. The van der Waals surface area contributed by atoms with E-state index in [2.05, 4.69) is 15.3 Å². The number of hydrogen-bond donors (Lipinski definition) is 1. The number of nitrogens with one attached hydrogen (secondary N) is 1. The minimum absolute atomic E-state index is 0.0470. The first-order chi connectivity index (χ1) is 13.8. The lowest BCUT2D eigenvalue weighted by Gasteiger charge is -2.04. The first-order valence-electron chi connectivity index (χ1n) is 8.77. The number of carbonyl (C=O) groups is 1. The van der Waals surface area contributed by atoms with Crippen LogP contribution in [0.4, 0.5) is 9.52 Å². The molecule has 4 aromatic rings. The lowest BCUT2D eigenvalue weighted by Crippen LogP contribution is -2.14. The molecule has 1 N–H and O–H groups in total. The molecular weight excluding hydrogens is 433 g/mol. The zero-order valence-electron chi connectivity index (χ0n) is 15.3. The quantitative estimate of drug-likeness (QED) is 0.436. The molecule has 0 aliphatic heterocycles. The van der Waals surface area contributed by atoms with Crippen molar-refractivity contribution < 1.29 is 17.6 Å². The molecule has 150 valence electrons. The molecule has 0 fully saturated rings. The van der Waals surface area contributed by atoms with Crippen LogP contribution in [0.5, 0.6) is 0 Å². The summed E-state index contributed by atoms with van der Waals surface area (Å²) in [6, 6.07) is 8.45. The third-order valence-electron chi connectivity index (χ3n) is 4.25. The van der Waals surface area contributed by atoms with Gasteiger partial charge in [0.2, 0.25) is 5.91 Å². The highest BCUT2D eigenvalue weighted by molar-refractivity contribution is 7.91. The van der Waals surface area contributed by atoms with E-state index in [1.807, 2.05) is 19.1 Å². The van der Waals surface area contributed by atoms with Gasteiger partial charge >= 0.3 is 0 Å². The van der Waals surface area contributed by atoms with E-state index < -0.39 is 15.7 Å². The Balaban J connectivity index is 1.39. The van der Waals surface area contributed by atoms with E-state index in [1.165, 1.54) is 23.5 Å². The summed E-state index contributed by atoms with van der Waals surface area (Å²) in [4.78, 5) is 21.2. The number of benzene rings is 2. The topological polar surface area (TPSA) is 89.0 Å². The van der Waals surface area contributed by atoms with Crippen molar-refractivity contribution in [2.24, 2.45) is 0 Å². The van der Waals surface area contributed by atoms with Crippen molar-refractivity contribution in [2.75, 3.05) is 11.1 Å². The van der Waals surface area contributed by atoms with Crippen molar-refractivity contribution in [1.82, 2.24) is 9.97 Å². The van der Waals surface area contributed by atoms with Gasteiger partial charge in [0.05, 0.1) is 36.1 Å². The maximum absolute atomic E-state index is 12.9. The van der Waals surface area contributed by atoms with Crippen LogP contribution in [0.3, 0.4) is 0 Å². The van der Waals surface area contributed by atoms with Crippen LogP contribution in [0.15, 0.2) is 41.3 Å². The van der Waals surface area contributed by atoms with E-state index >= 15 is 0 Å². The Bertz CT molecular complexity index is 1310. The van der Waals surface area contributed by atoms with Crippen molar-refractivity contribution in [1.29, 1.82) is 0 Å². The number of aryl methyl sites for hydroxylation is 1. The minimum atomic E-state index is -3.55. The zero-order valence-corrected chi connectivity index (χ0v) is 17.8. The summed E-state index contributed by atoms with van der Waals surface area (Å²) in [5, 5.41) is 4.19. The summed E-state index contributed by atoms with van der Waals surface area (Å²) in [5.74, 6) is -0.979. The molecule has 6 nitrogen and oxygen atoms in total. The normalized spacial score (nSPS) is 11.9. The Morgan fingerprint density at radius 3 is 2.41 bits per heavy atom. The number of thiazole rings is 2. The molecule has 29 heavy (non-hydrogen) atoms. The molecule has 0 bridgehead atoms. The summed E-state index contributed by atoms with van der Waals surface area (Å²) in [6.45, 7) is 1.94. The molecule has 0 aliphatic rings. The van der Waals surface area contributed by atoms with Crippen LogP contribution in [0, 0.1) is 12.7 Å². The maximum Gasteiger partial charge on any atom is 0.226 e. The number of nitrogens with zero attached hydrogens (tertiary/aromatic N) is 2. The van der Waals surface area contributed by atoms with Gasteiger partial charge in [0.1, 0.15) is 5.82 Å². The predicted molar refractivity (Wildman–Crippen MR) is 114 cm³/mol. The number of aromatic nitrogens is 2. The number of rotatable bonds is 6. The molecule has 0 atom stereocenters. The SMILES string of the molecule is Cc1nc2ccc3nc(NC(=O)CCCS(=O)(=O)c4ccc(F)cc4)sc3c2s1. The van der Waals surface area contributed by atoms with Gasteiger partial charge in [-0.3, -0.25) is 4.79 Å². The van der Waals surface area contributed by atoms with Crippen molar-refractivity contribution >= 4 is 64.0 Å². The smallest absolute Gasteiger partial charge is 0.226 e. The standard InChI is InChI=1S/C19H16FN3O3S3/c1-11-21-14-8-9-15-18(17(14)27-11)28-19(22-15)23-16(24)3-2-10-29(25,26)13-6-4-12(20)5-7-13/h4-9H,2-3,10H2,1H3,(H,22,23,24). The second kappa shape index (κ2) is 7.77. The number of fused-ring (bicyclic) bond motifs is 3. The number of amides is 1. The van der Waals surface area contributed by atoms with E-state index in [-0.39, 0.29) is 29.4 Å². The molecule has 4 rings (SSSR count). The Morgan fingerprint density at radius 1 is 1.03 bits per heavy atom. The fourth-order valence-electron chi connectivity index (χ4n) is 2.90. The third-order valence-corrected chi connectivity index (χ3v) is 8.21. The van der Waals surface area contributed by atoms with Crippen molar-refractivity contribution in [3.05, 3.63) is 47.2 Å². The zero-order chi connectivity index (χ0) is 20.6. The van der Waals surface area contributed by atoms with E-state index in [1.54, 1.807) is 11.3 Å². The Morgan fingerprint density at radius 2 is 1.69 bits per heavy atom. The molecule has 2 heterocycles. The molecule has 2 aromatic heterocycles. The minimum Gasteiger partial charge on any atom is -0.302 e. The van der Waals surface area contributed by atoms with Crippen LogP contribution in [0.1, 0.15) is 17.8 Å². The van der Waals surface area contributed by atoms with Gasteiger partial charge in [-0.2, -0.15) is 0 Å². The molecule has 10 heteroatoms. The van der Waals surface area contributed by atoms with E-state index in [9.17, 15) is 17.6 Å². The summed E-state index contributed by atoms with van der Waals surface area (Å²) < 4.78 is 39.5. The largest absolute Gasteiger partial charge is 0.302 e. The molecule has 0 saturated heterocycles. The second-order valence-corrected chi connectivity index (χ2v) is 10.7. The molecule has 2 aromatic carbocycles. The summed E-state index contributed by atoms with van der Waals surface area (Å²) in [7, 11) is -3.55. The molecular formula is C19H16FN3O3S3. The van der Waals surface area contributed by atoms with E-state index in [0.717, 1.165) is 37.6 Å². The van der Waals surface area contributed by atoms with Crippen LogP contribution >= 0.6 is 22.7 Å². The van der Waals surface area contributed by atoms with Gasteiger partial charge in [-0.1, -0.05) is 11.3 Å². The number of halogens is 1. The fraction of sp³-hybridized carbons (Fsp3) is 0.211. The summed E-state index contributed by atoms with van der Waals surface area (Å²) in [5.41, 5.74) is 1.70. The Labute approximate surface area is 174 Å². The molecule has 0 unspecified atom stereocenters. The van der Waals surface area contributed by atoms with E-state index in [0.29, 0.717) is 5.13 Å². The summed E-state index contributed by atoms with van der Waals surface area (Å²) >= 11 is 2.96. The second-order valence-electron chi connectivity index (χ2n) is 6.44. The van der Waals surface area contributed by atoms with Gasteiger partial charge in [0, 0.05) is 6.42 Å². The Hall–Kier alpha value is -2.43. The van der Waals surface area contributed by atoms with Crippen molar-refractivity contribution in [3.63, 3.8) is 0 Å². The molecule has 0 radical (unpaired) electrons. The monoisotopic (exact) mass is 449 g/mol. The van der Waals surface area contributed by atoms with Crippen molar-refractivity contribution in [2.45, 2.75) is 24.7 Å². The predicted octanol–water partition coefficient (Wildman–Crippen LogP) is 4.55. The van der Waals surface area contributed by atoms with Crippen LogP contribution in [-0.4, -0.2) is 30.0 Å². The van der Waals surface area contributed by atoms with Crippen LogP contribution in [0.2, 0.25) is 0 Å². The van der Waals surface area contributed by atoms with Gasteiger partial charge in [0.15, 0.2) is 15.0 Å². The lowest BCUT2D eigenvalue weighted by atomic mass is 10.3. The maximum atomic E-state index is 12.9. The highest BCUT2D eigenvalue weighted by Gasteiger charge is 2.16. The highest BCUT2D eigenvalue weighted by atomic mass is 32.2. The average Bonchev–Trinajstić information content (AvgIpc) is 3.23. The summed E-state index contributed by atoms with van der Waals surface area (Å²) in [6.07, 6.45) is 0.208. The van der Waals surface area contributed by atoms with Crippen LogP contribution < -0.4 is 5.32 Å². The van der Waals surface area contributed by atoms with Gasteiger partial charge in [-0.15, -0.1) is 11.3 Å². The van der Waals surface area contributed by atoms with Gasteiger partial charge in [0.25, 0.3) is 0 Å². The van der Waals surface area contributed by atoms with E-state index in [4.69, 9.17) is 0 Å². The lowest BCUT2D eigenvalue weighted by molar-refractivity contribution is -0.116. The molecule has 1 amide bonds. The van der Waals surface area contributed by atoms with Gasteiger partial charge < -0.3 is 5.32 Å².